The van der Waals surface area contributed by atoms with Crippen molar-refractivity contribution in [1.29, 1.82) is 0 Å². The van der Waals surface area contributed by atoms with Crippen LogP contribution in [0.5, 0.6) is 5.75 Å². The molecule has 0 radical (unpaired) electrons. The molecule has 3 heterocycles. The zero-order chi connectivity index (χ0) is 30.5. The van der Waals surface area contributed by atoms with Gasteiger partial charge in [0.25, 0.3) is 5.91 Å². The predicted molar refractivity (Wildman–Crippen MR) is 180 cm³/mol. The standard InChI is InChI=1S/C33H34Cl2N6O2S/c1-43-29-5-3-2-4-28(29)39-16-20-41(21-17-39)32(42)25-8-6-24(7-9-25)23-44-33-36-30(35)22-31(37-33)40-18-14-38(15-19-40)27-12-10-26(34)11-13-27/h2-13,22H,14-21,23H2,1H3. The van der Waals surface area contributed by atoms with Gasteiger partial charge in [-0.25, -0.2) is 9.97 Å². The molecule has 2 aliphatic heterocycles. The minimum atomic E-state index is 0.0582. The first kappa shape index (κ1) is 30.4. The molecular formula is C33H34Cl2N6O2S. The van der Waals surface area contributed by atoms with E-state index in [0.29, 0.717) is 34.7 Å². The molecule has 3 aromatic carbocycles. The van der Waals surface area contributed by atoms with Crippen LogP contribution >= 0.6 is 35.0 Å². The number of aromatic nitrogens is 2. The van der Waals surface area contributed by atoms with E-state index < -0.39 is 0 Å². The number of methoxy groups -OCH3 is 1. The molecule has 6 rings (SSSR count). The molecule has 2 fully saturated rings. The summed E-state index contributed by atoms with van der Waals surface area (Å²) in [5, 5.41) is 1.82. The summed E-state index contributed by atoms with van der Waals surface area (Å²) < 4.78 is 5.52. The Morgan fingerprint density at radius 3 is 2.16 bits per heavy atom. The Morgan fingerprint density at radius 2 is 1.45 bits per heavy atom. The van der Waals surface area contributed by atoms with Crippen molar-refractivity contribution in [1.82, 2.24) is 14.9 Å². The maximum atomic E-state index is 13.2. The number of benzene rings is 3. The quantitative estimate of drug-likeness (QED) is 0.124. The highest BCUT2D eigenvalue weighted by Gasteiger charge is 2.24. The van der Waals surface area contributed by atoms with E-state index >= 15 is 0 Å². The molecule has 44 heavy (non-hydrogen) atoms. The first-order chi connectivity index (χ1) is 21.5. The van der Waals surface area contributed by atoms with Crippen molar-refractivity contribution in [3.8, 4) is 5.75 Å². The molecule has 0 spiro atoms. The van der Waals surface area contributed by atoms with Crippen molar-refractivity contribution in [2.45, 2.75) is 10.9 Å². The zero-order valence-electron chi connectivity index (χ0n) is 24.5. The smallest absolute Gasteiger partial charge is 0.253 e. The van der Waals surface area contributed by atoms with E-state index in [-0.39, 0.29) is 5.91 Å². The number of nitrogens with zero attached hydrogens (tertiary/aromatic N) is 6. The molecule has 4 aromatic rings. The maximum absolute atomic E-state index is 13.2. The Labute approximate surface area is 272 Å². The fraction of sp³-hybridized carbons (Fsp3) is 0.303. The van der Waals surface area contributed by atoms with Crippen molar-refractivity contribution in [3.63, 3.8) is 0 Å². The molecule has 0 bridgehead atoms. The summed E-state index contributed by atoms with van der Waals surface area (Å²) in [6.45, 7) is 6.30. The van der Waals surface area contributed by atoms with E-state index in [9.17, 15) is 4.79 Å². The van der Waals surface area contributed by atoms with Gasteiger partial charge in [0.1, 0.15) is 16.7 Å². The van der Waals surface area contributed by atoms with Crippen molar-refractivity contribution < 1.29 is 9.53 Å². The van der Waals surface area contributed by atoms with Gasteiger partial charge < -0.3 is 24.3 Å². The van der Waals surface area contributed by atoms with Gasteiger partial charge >= 0.3 is 0 Å². The number of anilines is 3. The largest absolute Gasteiger partial charge is 0.495 e. The highest BCUT2D eigenvalue weighted by Crippen LogP contribution is 2.29. The van der Waals surface area contributed by atoms with E-state index in [0.717, 1.165) is 67.1 Å². The first-order valence-corrected chi connectivity index (χ1v) is 16.4. The topological polar surface area (TPSA) is 65.0 Å². The lowest BCUT2D eigenvalue weighted by Gasteiger charge is -2.36. The highest BCUT2D eigenvalue weighted by atomic mass is 35.5. The second kappa shape index (κ2) is 14.0. The summed E-state index contributed by atoms with van der Waals surface area (Å²) in [6.07, 6.45) is 0. The van der Waals surface area contributed by atoms with Crippen LogP contribution in [0.3, 0.4) is 0 Å². The Morgan fingerprint density at radius 1 is 0.795 bits per heavy atom. The normalized spacial score (nSPS) is 15.4. The number of piperazine rings is 2. The van der Waals surface area contributed by atoms with Crippen LogP contribution in [0.4, 0.5) is 17.2 Å². The molecule has 1 aromatic heterocycles. The van der Waals surface area contributed by atoms with E-state index in [1.54, 1.807) is 18.9 Å². The van der Waals surface area contributed by atoms with Gasteiger partial charge in [-0.2, -0.15) is 0 Å². The Bertz CT molecular complexity index is 1570. The van der Waals surface area contributed by atoms with Crippen molar-refractivity contribution in [2.75, 3.05) is 74.2 Å². The number of ether oxygens (including phenoxy) is 1. The number of carbonyl (C=O) groups excluding carboxylic acids is 1. The molecule has 0 aliphatic carbocycles. The molecule has 1 amide bonds. The Hall–Kier alpha value is -3.66. The summed E-state index contributed by atoms with van der Waals surface area (Å²) in [5.41, 5.74) is 4.03. The molecule has 8 nitrogen and oxygen atoms in total. The fourth-order valence-corrected chi connectivity index (χ4v) is 6.74. The van der Waals surface area contributed by atoms with Crippen LogP contribution in [0.15, 0.2) is 84.0 Å². The van der Waals surface area contributed by atoms with Gasteiger partial charge in [-0.1, -0.05) is 59.2 Å². The summed E-state index contributed by atoms with van der Waals surface area (Å²) in [7, 11) is 1.69. The molecule has 0 N–H and O–H groups in total. The van der Waals surface area contributed by atoms with Crippen molar-refractivity contribution in [2.24, 2.45) is 0 Å². The van der Waals surface area contributed by atoms with Gasteiger partial charge in [-0.05, 0) is 54.1 Å². The van der Waals surface area contributed by atoms with Crippen LogP contribution < -0.4 is 19.4 Å². The second-order valence-electron chi connectivity index (χ2n) is 10.7. The lowest BCUT2D eigenvalue weighted by Crippen LogP contribution is -2.48. The number of hydrogen-bond acceptors (Lipinski definition) is 8. The number of thioether (sulfide) groups is 1. The first-order valence-electron chi connectivity index (χ1n) is 14.7. The van der Waals surface area contributed by atoms with E-state index in [1.807, 2.05) is 65.6 Å². The number of amides is 1. The van der Waals surface area contributed by atoms with E-state index in [4.69, 9.17) is 32.9 Å². The Kier molecular flexibility index (Phi) is 9.64. The fourth-order valence-electron chi connectivity index (χ4n) is 5.57. The molecule has 2 aliphatic rings. The average Bonchev–Trinajstić information content (AvgIpc) is 3.07. The van der Waals surface area contributed by atoms with Crippen LogP contribution in [0, 0.1) is 0 Å². The van der Waals surface area contributed by atoms with E-state index in [1.165, 1.54) is 5.69 Å². The van der Waals surface area contributed by atoms with Gasteiger partial charge in [0, 0.05) is 80.5 Å². The minimum Gasteiger partial charge on any atom is -0.495 e. The lowest BCUT2D eigenvalue weighted by atomic mass is 10.1. The Balaban J connectivity index is 1.01. The third-order valence-corrected chi connectivity index (χ3v) is 9.38. The molecular weight excluding hydrogens is 615 g/mol. The number of halogens is 2. The predicted octanol–water partition coefficient (Wildman–Crippen LogP) is 6.37. The molecule has 228 valence electrons. The molecule has 11 heteroatoms. The van der Waals surface area contributed by atoms with Gasteiger partial charge in [0.05, 0.1) is 12.8 Å². The minimum absolute atomic E-state index is 0.0582. The monoisotopic (exact) mass is 648 g/mol. The summed E-state index contributed by atoms with van der Waals surface area (Å²) in [5.74, 6) is 2.43. The maximum Gasteiger partial charge on any atom is 0.253 e. The van der Waals surface area contributed by atoms with Crippen LogP contribution in [0.2, 0.25) is 10.2 Å². The highest BCUT2D eigenvalue weighted by molar-refractivity contribution is 7.98. The van der Waals surface area contributed by atoms with Crippen LogP contribution in [-0.2, 0) is 5.75 Å². The molecule has 0 atom stereocenters. The van der Waals surface area contributed by atoms with Crippen molar-refractivity contribution in [3.05, 3.63) is 100 Å². The van der Waals surface area contributed by atoms with E-state index in [2.05, 4.69) is 37.9 Å². The number of hydrogen-bond donors (Lipinski definition) is 0. The number of carbonyl (C=O) groups is 1. The zero-order valence-corrected chi connectivity index (χ0v) is 26.9. The lowest BCUT2D eigenvalue weighted by molar-refractivity contribution is 0.0746. The average molecular weight is 650 g/mol. The summed E-state index contributed by atoms with van der Waals surface area (Å²) in [6, 6.07) is 25.6. The SMILES string of the molecule is COc1ccccc1N1CCN(C(=O)c2ccc(CSc3nc(Cl)cc(N4CCN(c5ccc(Cl)cc5)CC4)n3)cc2)CC1. The second-order valence-corrected chi connectivity index (χ2v) is 12.5. The van der Waals surface area contributed by atoms with Gasteiger partial charge in [-0.15, -0.1) is 0 Å². The van der Waals surface area contributed by atoms with Crippen LogP contribution in [-0.4, -0.2) is 80.2 Å². The van der Waals surface area contributed by atoms with Crippen molar-refractivity contribution >= 4 is 58.1 Å². The summed E-state index contributed by atoms with van der Waals surface area (Å²) >= 11 is 14.0. The van der Waals surface area contributed by atoms with Gasteiger partial charge in [0.15, 0.2) is 5.16 Å². The molecule has 0 saturated carbocycles. The van der Waals surface area contributed by atoms with Gasteiger partial charge in [-0.3, -0.25) is 4.79 Å². The third-order valence-electron chi connectivity index (χ3n) is 8.02. The number of rotatable bonds is 8. The van der Waals surface area contributed by atoms with Gasteiger partial charge in [0.2, 0.25) is 0 Å². The number of para-hydroxylation sites is 2. The van der Waals surface area contributed by atoms with Crippen LogP contribution in [0.1, 0.15) is 15.9 Å². The van der Waals surface area contributed by atoms with Crippen LogP contribution in [0.25, 0.3) is 0 Å². The molecule has 0 unspecified atom stereocenters. The molecule has 2 saturated heterocycles. The summed E-state index contributed by atoms with van der Waals surface area (Å²) in [4.78, 5) is 31.3. The third kappa shape index (κ3) is 7.17.